The van der Waals surface area contributed by atoms with E-state index in [1.165, 1.54) is 0 Å². The lowest BCUT2D eigenvalue weighted by molar-refractivity contribution is 0.495. The molecular formula is C14H19N3O. The first-order chi connectivity index (χ1) is 8.65. The molecule has 0 bridgehead atoms. The van der Waals surface area contributed by atoms with Gasteiger partial charge in [-0.25, -0.2) is 4.98 Å². The van der Waals surface area contributed by atoms with Crippen LogP contribution in [0.4, 0.5) is 11.5 Å². The van der Waals surface area contributed by atoms with Crippen molar-refractivity contribution in [3.63, 3.8) is 0 Å². The molecule has 0 aromatic carbocycles. The first kappa shape index (κ1) is 12.5. The molecule has 4 heteroatoms. The third-order valence-corrected chi connectivity index (χ3v) is 2.95. The summed E-state index contributed by atoms with van der Waals surface area (Å²) >= 11 is 0. The van der Waals surface area contributed by atoms with Crippen molar-refractivity contribution < 1.29 is 4.42 Å². The van der Waals surface area contributed by atoms with Gasteiger partial charge < -0.3 is 15.5 Å². The van der Waals surface area contributed by atoms with Gasteiger partial charge in [-0.2, -0.15) is 0 Å². The van der Waals surface area contributed by atoms with Crippen LogP contribution in [0.5, 0.6) is 0 Å². The van der Waals surface area contributed by atoms with Crippen LogP contribution in [-0.4, -0.2) is 11.0 Å². The van der Waals surface area contributed by atoms with E-state index in [9.17, 15) is 0 Å². The van der Waals surface area contributed by atoms with Crippen molar-refractivity contribution in [1.82, 2.24) is 4.98 Å². The topological polar surface area (TPSA) is 64.1 Å². The molecule has 0 saturated heterocycles. The van der Waals surface area contributed by atoms with Crippen LogP contribution in [0, 0.1) is 6.92 Å². The summed E-state index contributed by atoms with van der Waals surface area (Å²) in [7, 11) is 0. The number of hydrogen-bond donors (Lipinski definition) is 2. The number of pyridine rings is 1. The van der Waals surface area contributed by atoms with E-state index in [1.54, 1.807) is 12.5 Å². The highest BCUT2D eigenvalue weighted by atomic mass is 16.3. The van der Waals surface area contributed by atoms with Crippen molar-refractivity contribution in [2.75, 3.05) is 11.1 Å². The highest BCUT2D eigenvalue weighted by Crippen LogP contribution is 2.15. The Morgan fingerprint density at radius 1 is 1.50 bits per heavy atom. The fraction of sp³-hybridized carbons (Fsp3) is 0.357. The smallest absolute Gasteiger partial charge is 0.126 e. The van der Waals surface area contributed by atoms with Crippen LogP contribution in [0.15, 0.2) is 35.1 Å². The molecule has 2 heterocycles. The number of anilines is 2. The highest BCUT2D eigenvalue weighted by molar-refractivity contribution is 5.51. The van der Waals surface area contributed by atoms with Gasteiger partial charge in [-0.3, -0.25) is 0 Å². The van der Waals surface area contributed by atoms with E-state index in [4.69, 9.17) is 10.2 Å². The van der Waals surface area contributed by atoms with E-state index in [2.05, 4.69) is 17.2 Å². The number of nitrogens with zero attached hydrogens (tertiary/aromatic N) is 1. The standard InChI is InChI=1S/C14H19N3O/c1-10-8-14(16-9-13(10)15)17-11(2)5-6-12-4-3-7-18-12/h3-4,7-9,11H,5-6,15H2,1-2H3,(H,16,17). The van der Waals surface area contributed by atoms with Crippen LogP contribution in [0.1, 0.15) is 24.7 Å². The van der Waals surface area contributed by atoms with Crippen LogP contribution in [0.25, 0.3) is 0 Å². The lowest BCUT2D eigenvalue weighted by atomic mass is 10.1. The van der Waals surface area contributed by atoms with Gasteiger partial charge in [-0.15, -0.1) is 0 Å². The van der Waals surface area contributed by atoms with E-state index in [1.807, 2.05) is 25.1 Å². The number of rotatable bonds is 5. The Morgan fingerprint density at radius 3 is 3.00 bits per heavy atom. The van der Waals surface area contributed by atoms with Gasteiger partial charge in [0.25, 0.3) is 0 Å². The van der Waals surface area contributed by atoms with Gasteiger partial charge in [-0.1, -0.05) is 0 Å². The molecule has 0 aliphatic heterocycles. The molecule has 2 rings (SSSR count). The van der Waals surface area contributed by atoms with Gasteiger partial charge >= 0.3 is 0 Å². The van der Waals surface area contributed by atoms with Crippen LogP contribution in [0.3, 0.4) is 0 Å². The van der Waals surface area contributed by atoms with Crippen LogP contribution < -0.4 is 11.1 Å². The second-order valence-corrected chi connectivity index (χ2v) is 4.59. The fourth-order valence-corrected chi connectivity index (χ4v) is 1.78. The van der Waals surface area contributed by atoms with E-state index in [0.29, 0.717) is 6.04 Å². The lowest BCUT2D eigenvalue weighted by Gasteiger charge is -2.14. The summed E-state index contributed by atoms with van der Waals surface area (Å²) in [6.07, 6.45) is 5.32. The average Bonchev–Trinajstić information content (AvgIpc) is 2.84. The molecule has 1 atom stereocenters. The SMILES string of the molecule is Cc1cc(NC(C)CCc2ccco2)ncc1N. The van der Waals surface area contributed by atoms with Crippen LogP contribution in [0.2, 0.25) is 0 Å². The predicted molar refractivity (Wildman–Crippen MR) is 73.5 cm³/mol. The summed E-state index contributed by atoms with van der Waals surface area (Å²) in [4.78, 5) is 4.26. The van der Waals surface area contributed by atoms with E-state index in [-0.39, 0.29) is 0 Å². The van der Waals surface area contributed by atoms with Gasteiger partial charge in [-0.05, 0) is 44.0 Å². The molecule has 3 N–H and O–H groups in total. The van der Waals surface area contributed by atoms with E-state index >= 15 is 0 Å². The molecule has 96 valence electrons. The van der Waals surface area contributed by atoms with Gasteiger partial charge in [0.15, 0.2) is 0 Å². The minimum absolute atomic E-state index is 0.339. The van der Waals surface area contributed by atoms with Crippen molar-refractivity contribution in [2.24, 2.45) is 0 Å². The molecule has 0 aliphatic rings. The maximum Gasteiger partial charge on any atom is 0.126 e. The van der Waals surface area contributed by atoms with Crippen molar-refractivity contribution >= 4 is 11.5 Å². The van der Waals surface area contributed by atoms with Crippen molar-refractivity contribution in [2.45, 2.75) is 32.7 Å². The molecule has 0 fully saturated rings. The number of nitrogens with two attached hydrogens (primary N) is 1. The summed E-state index contributed by atoms with van der Waals surface area (Å²) in [5, 5.41) is 3.36. The summed E-state index contributed by atoms with van der Waals surface area (Å²) in [6.45, 7) is 4.12. The largest absolute Gasteiger partial charge is 0.469 e. The average molecular weight is 245 g/mol. The Labute approximate surface area is 107 Å². The van der Waals surface area contributed by atoms with Crippen molar-refractivity contribution in [1.29, 1.82) is 0 Å². The maximum atomic E-state index is 5.74. The van der Waals surface area contributed by atoms with Crippen molar-refractivity contribution in [3.05, 3.63) is 42.0 Å². The molecule has 0 spiro atoms. The second kappa shape index (κ2) is 5.58. The Balaban J connectivity index is 1.86. The molecule has 0 aliphatic carbocycles. The lowest BCUT2D eigenvalue weighted by Crippen LogP contribution is -2.17. The normalized spacial score (nSPS) is 12.3. The summed E-state index contributed by atoms with van der Waals surface area (Å²) in [6, 6.07) is 6.22. The number of nitrogen functional groups attached to an aromatic ring is 1. The molecule has 0 amide bonds. The third-order valence-electron chi connectivity index (χ3n) is 2.95. The van der Waals surface area contributed by atoms with Gasteiger partial charge in [0.1, 0.15) is 11.6 Å². The van der Waals surface area contributed by atoms with Crippen LogP contribution >= 0.6 is 0 Å². The van der Waals surface area contributed by atoms with Gasteiger partial charge in [0.05, 0.1) is 18.1 Å². The summed E-state index contributed by atoms with van der Waals surface area (Å²) in [5.74, 6) is 1.89. The first-order valence-electron chi connectivity index (χ1n) is 6.16. The predicted octanol–water partition coefficient (Wildman–Crippen LogP) is 3.00. The molecule has 2 aromatic heterocycles. The number of aryl methyl sites for hydroxylation is 2. The number of nitrogens with one attached hydrogen (secondary N) is 1. The Kier molecular flexibility index (Phi) is 3.87. The molecule has 0 radical (unpaired) electrons. The molecule has 18 heavy (non-hydrogen) atoms. The van der Waals surface area contributed by atoms with Crippen molar-refractivity contribution in [3.8, 4) is 0 Å². The molecule has 2 aromatic rings. The van der Waals surface area contributed by atoms with Crippen LogP contribution in [-0.2, 0) is 6.42 Å². The third kappa shape index (κ3) is 3.26. The Morgan fingerprint density at radius 2 is 2.33 bits per heavy atom. The highest BCUT2D eigenvalue weighted by Gasteiger charge is 2.05. The zero-order valence-corrected chi connectivity index (χ0v) is 10.8. The molecule has 0 saturated carbocycles. The monoisotopic (exact) mass is 245 g/mol. The molecular weight excluding hydrogens is 226 g/mol. The minimum atomic E-state index is 0.339. The number of furan rings is 1. The van der Waals surface area contributed by atoms with Gasteiger partial charge in [0.2, 0.25) is 0 Å². The maximum absolute atomic E-state index is 5.74. The Hall–Kier alpha value is -1.97. The number of hydrogen-bond acceptors (Lipinski definition) is 4. The quantitative estimate of drug-likeness (QED) is 0.850. The van der Waals surface area contributed by atoms with E-state index < -0.39 is 0 Å². The van der Waals surface area contributed by atoms with E-state index in [0.717, 1.165) is 35.7 Å². The fourth-order valence-electron chi connectivity index (χ4n) is 1.78. The van der Waals surface area contributed by atoms with Gasteiger partial charge in [0, 0.05) is 12.5 Å². The summed E-state index contributed by atoms with van der Waals surface area (Å²) in [5.41, 5.74) is 7.51. The zero-order chi connectivity index (χ0) is 13.0. The molecule has 4 nitrogen and oxygen atoms in total. The first-order valence-corrected chi connectivity index (χ1v) is 6.16. The number of aromatic nitrogens is 1. The minimum Gasteiger partial charge on any atom is -0.469 e. The second-order valence-electron chi connectivity index (χ2n) is 4.59. The molecule has 1 unspecified atom stereocenters. The summed E-state index contributed by atoms with van der Waals surface area (Å²) < 4.78 is 5.31. The Bertz CT molecular complexity index is 494. The zero-order valence-electron chi connectivity index (χ0n) is 10.8.